The molecule has 3 heteroatoms. The van der Waals surface area contributed by atoms with Crippen LogP contribution in [0, 0.1) is 18.8 Å². The molecule has 0 saturated heterocycles. The standard InChI is InChI=1S/C27H26O2S/c1-19-12-15-23(16-13-19)30-25-17-14-22(18-24(28)20-8-4-2-5-9-20)26(25)27(29)21-10-6-3-7-11-21/h2-13,15-16,22,25-26H,14,17-18H2,1H3/t22-,25-,26-/m0/s1. The van der Waals surface area contributed by atoms with Gasteiger partial charge in [-0.2, -0.15) is 0 Å². The fourth-order valence-electron chi connectivity index (χ4n) is 4.35. The van der Waals surface area contributed by atoms with Gasteiger partial charge < -0.3 is 0 Å². The summed E-state index contributed by atoms with van der Waals surface area (Å²) in [6.07, 6.45) is 2.29. The molecule has 0 amide bonds. The van der Waals surface area contributed by atoms with Gasteiger partial charge in [0.05, 0.1) is 0 Å². The third-order valence-electron chi connectivity index (χ3n) is 5.94. The molecule has 1 fully saturated rings. The van der Waals surface area contributed by atoms with E-state index in [9.17, 15) is 9.59 Å². The van der Waals surface area contributed by atoms with Crippen LogP contribution in [-0.2, 0) is 0 Å². The van der Waals surface area contributed by atoms with E-state index in [2.05, 4.69) is 31.2 Å². The highest BCUT2D eigenvalue weighted by molar-refractivity contribution is 8.00. The molecule has 0 N–H and O–H groups in total. The normalized spacial score (nSPS) is 20.8. The number of aryl methyl sites for hydroxylation is 1. The van der Waals surface area contributed by atoms with Gasteiger partial charge in [0, 0.05) is 33.6 Å². The topological polar surface area (TPSA) is 34.1 Å². The fraction of sp³-hybridized carbons (Fsp3) is 0.259. The zero-order valence-corrected chi connectivity index (χ0v) is 18.0. The number of Topliss-reactive ketones (excluding diaryl/α,β-unsaturated/α-hetero) is 2. The number of thioether (sulfide) groups is 1. The quantitative estimate of drug-likeness (QED) is 0.407. The lowest BCUT2D eigenvalue weighted by molar-refractivity contribution is 0.0864. The molecule has 2 nitrogen and oxygen atoms in total. The molecule has 1 aliphatic rings. The lowest BCUT2D eigenvalue weighted by Crippen LogP contribution is -2.28. The molecule has 0 aromatic heterocycles. The number of rotatable bonds is 7. The van der Waals surface area contributed by atoms with Gasteiger partial charge in [-0.1, -0.05) is 78.4 Å². The van der Waals surface area contributed by atoms with Gasteiger partial charge in [0.15, 0.2) is 11.6 Å². The van der Waals surface area contributed by atoms with Crippen LogP contribution in [0.15, 0.2) is 89.8 Å². The molecule has 0 spiro atoms. The van der Waals surface area contributed by atoms with E-state index in [-0.39, 0.29) is 28.7 Å². The SMILES string of the molecule is Cc1ccc(S[C@H]2CC[C@@H](CC(=O)c3ccccc3)[C@@H]2C(=O)c2ccccc2)cc1. The first-order valence-corrected chi connectivity index (χ1v) is 11.4. The summed E-state index contributed by atoms with van der Waals surface area (Å²) < 4.78 is 0. The number of benzene rings is 3. The van der Waals surface area contributed by atoms with Gasteiger partial charge in [0.25, 0.3) is 0 Å². The molecule has 0 aliphatic heterocycles. The van der Waals surface area contributed by atoms with Crippen LogP contribution >= 0.6 is 11.8 Å². The summed E-state index contributed by atoms with van der Waals surface area (Å²) >= 11 is 1.79. The van der Waals surface area contributed by atoms with Crippen LogP contribution in [0.4, 0.5) is 0 Å². The minimum absolute atomic E-state index is 0.0772. The van der Waals surface area contributed by atoms with E-state index in [0.29, 0.717) is 6.42 Å². The maximum atomic E-state index is 13.5. The van der Waals surface area contributed by atoms with E-state index in [4.69, 9.17) is 0 Å². The highest BCUT2D eigenvalue weighted by atomic mass is 32.2. The molecule has 0 radical (unpaired) electrons. The van der Waals surface area contributed by atoms with E-state index >= 15 is 0 Å². The Labute approximate surface area is 182 Å². The first-order valence-electron chi connectivity index (χ1n) is 10.5. The summed E-state index contributed by atoms with van der Waals surface area (Å²) in [7, 11) is 0. The van der Waals surface area contributed by atoms with Crippen LogP contribution in [0.3, 0.4) is 0 Å². The Kier molecular flexibility index (Phi) is 6.49. The Bertz CT molecular complexity index is 996. The Hall–Kier alpha value is -2.65. The maximum absolute atomic E-state index is 13.5. The number of hydrogen-bond donors (Lipinski definition) is 0. The lowest BCUT2D eigenvalue weighted by Gasteiger charge is -2.23. The van der Waals surface area contributed by atoms with Crippen LogP contribution in [-0.4, -0.2) is 16.8 Å². The van der Waals surface area contributed by atoms with Crippen LogP contribution in [0.25, 0.3) is 0 Å². The van der Waals surface area contributed by atoms with Crippen molar-refractivity contribution in [3.8, 4) is 0 Å². The van der Waals surface area contributed by atoms with Gasteiger partial charge in [0.2, 0.25) is 0 Å². The van der Waals surface area contributed by atoms with Gasteiger partial charge in [-0.3, -0.25) is 9.59 Å². The molecular formula is C27H26O2S. The smallest absolute Gasteiger partial charge is 0.167 e. The number of carbonyl (C=O) groups excluding carboxylic acids is 2. The molecule has 1 saturated carbocycles. The Morgan fingerprint density at radius 3 is 2.03 bits per heavy atom. The minimum Gasteiger partial charge on any atom is -0.294 e. The average Bonchev–Trinajstić information content (AvgIpc) is 3.17. The number of hydrogen-bond acceptors (Lipinski definition) is 3. The van der Waals surface area contributed by atoms with Crippen molar-refractivity contribution in [2.45, 2.75) is 36.3 Å². The van der Waals surface area contributed by atoms with Crippen molar-refractivity contribution >= 4 is 23.3 Å². The predicted molar refractivity (Wildman–Crippen MR) is 123 cm³/mol. The second-order valence-corrected chi connectivity index (χ2v) is 9.37. The van der Waals surface area contributed by atoms with Crippen LogP contribution < -0.4 is 0 Å². The zero-order valence-electron chi connectivity index (χ0n) is 17.2. The van der Waals surface area contributed by atoms with E-state index < -0.39 is 0 Å². The molecule has 4 rings (SSSR count). The highest BCUT2D eigenvalue weighted by Crippen LogP contribution is 2.45. The largest absolute Gasteiger partial charge is 0.294 e. The highest BCUT2D eigenvalue weighted by Gasteiger charge is 2.42. The summed E-state index contributed by atoms with van der Waals surface area (Å²) in [4.78, 5) is 27.6. The predicted octanol–water partition coefficient (Wildman–Crippen LogP) is 6.64. The summed E-state index contributed by atoms with van der Waals surface area (Å²) in [5.41, 5.74) is 2.71. The number of carbonyl (C=O) groups is 2. The van der Waals surface area contributed by atoms with Crippen molar-refractivity contribution in [1.29, 1.82) is 0 Å². The van der Waals surface area contributed by atoms with Crippen LogP contribution in [0.2, 0.25) is 0 Å². The van der Waals surface area contributed by atoms with Crippen molar-refractivity contribution in [3.05, 3.63) is 102 Å². The molecule has 1 aliphatic carbocycles. The molecule has 0 bridgehead atoms. The monoisotopic (exact) mass is 414 g/mol. The first kappa shape index (κ1) is 20.6. The summed E-state index contributed by atoms with van der Waals surface area (Å²) in [5, 5.41) is 0.189. The van der Waals surface area contributed by atoms with Gasteiger partial charge in [-0.05, 0) is 37.8 Å². The minimum atomic E-state index is -0.147. The van der Waals surface area contributed by atoms with Crippen molar-refractivity contribution in [1.82, 2.24) is 0 Å². The van der Waals surface area contributed by atoms with Crippen molar-refractivity contribution in [2.75, 3.05) is 0 Å². The molecule has 30 heavy (non-hydrogen) atoms. The Morgan fingerprint density at radius 2 is 1.40 bits per heavy atom. The lowest BCUT2D eigenvalue weighted by atomic mass is 9.84. The summed E-state index contributed by atoms with van der Waals surface area (Å²) in [6, 6.07) is 27.5. The fourth-order valence-corrected chi connectivity index (χ4v) is 5.74. The molecule has 0 unspecified atom stereocenters. The number of ketones is 2. The third-order valence-corrected chi connectivity index (χ3v) is 7.32. The maximum Gasteiger partial charge on any atom is 0.167 e. The average molecular weight is 415 g/mol. The van der Waals surface area contributed by atoms with E-state index in [0.717, 1.165) is 24.0 Å². The first-order chi connectivity index (χ1) is 14.6. The van der Waals surface area contributed by atoms with Crippen molar-refractivity contribution in [2.24, 2.45) is 11.8 Å². The van der Waals surface area contributed by atoms with Crippen molar-refractivity contribution in [3.63, 3.8) is 0 Å². The Balaban J connectivity index is 1.58. The van der Waals surface area contributed by atoms with E-state index in [1.54, 1.807) is 11.8 Å². The summed E-state index contributed by atoms with van der Waals surface area (Å²) in [6.45, 7) is 2.08. The Morgan fingerprint density at radius 1 is 0.800 bits per heavy atom. The van der Waals surface area contributed by atoms with Gasteiger partial charge >= 0.3 is 0 Å². The molecule has 3 aromatic carbocycles. The second kappa shape index (κ2) is 9.44. The summed E-state index contributed by atoms with van der Waals surface area (Å²) in [5.74, 6) is 0.232. The molecule has 3 atom stereocenters. The van der Waals surface area contributed by atoms with Crippen molar-refractivity contribution < 1.29 is 9.59 Å². The van der Waals surface area contributed by atoms with Crippen LogP contribution in [0.5, 0.6) is 0 Å². The third kappa shape index (κ3) is 4.73. The second-order valence-electron chi connectivity index (χ2n) is 8.06. The van der Waals surface area contributed by atoms with E-state index in [1.165, 1.54) is 10.5 Å². The van der Waals surface area contributed by atoms with E-state index in [1.807, 2.05) is 60.7 Å². The van der Waals surface area contributed by atoms with Gasteiger partial charge in [-0.25, -0.2) is 0 Å². The molecule has 152 valence electrons. The molecule has 0 heterocycles. The molecular weight excluding hydrogens is 388 g/mol. The zero-order chi connectivity index (χ0) is 20.9. The van der Waals surface area contributed by atoms with Gasteiger partial charge in [-0.15, -0.1) is 11.8 Å². The van der Waals surface area contributed by atoms with Crippen LogP contribution in [0.1, 0.15) is 45.5 Å². The van der Waals surface area contributed by atoms with Gasteiger partial charge in [0.1, 0.15) is 0 Å². The molecule has 3 aromatic rings.